The molecule has 0 aromatic rings. The molecular formula is C12H22N2O3. The minimum atomic E-state index is -0.800. The lowest BCUT2D eigenvalue weighted by molar-refractivity contribution is -0.148. The first-order chi connectivity index (χ1) is 7.70. The Bertz CT molecular complexity index is 322. The Labute approximate surface area is 102 Å². The summed E-state index contributed by atoms with van der Waals surface area (Å²) in [6.07, 6.45) is 1.10. The van der Waals surface area contributed by atoms with Crippen LogP contribution in [-0.2, 0) is 4.79 Å². The van der Waals surface area contributed by atoms with Gasteiger partial charge in [0, 0.05) is 18.6 Å². The lowest BCUT2D eigenvalue weighted by Gasteiger charge is -2.27. The maximum atomic E-state index is 11.9. The third kappa shape index (κ3) is 3.11. The van der Waals surface area contributed by atoms with Crippen LogP contribution in [0.4, 0.5) is 4.79 Å². The number of likely N-dealkylation sites (tertiary alicyclic amines) is 1. The van der Waals surface area contributed by atoms with Crippen molar-refractivity contribution in [1.29, 1.82) is 0 Å². The molecule has 2 N–H and O–H groups in total. The van der Waals surface area contributed by atoms with Crippen LogP contribution in [0.5, 0.6) is 0 Å². The lowest BCUT2D eigenvalue weighted by atomic mass is 9.84. The summed E-state index contributed by atoms with van der Waals surface area (Å²) in [7, 11) is 0. The summed E-state index contributed by atoms with van der Waals surface area (Å²) in [5.74, 6) is -0.800. The fourth-order valence-electron chi connectivity index (χ4n) is 2.06. The Kier molecular flexibility index (Phi) is 3.69. The normalized spacial score (nSPS) is 24.8. The van der Waals surface area contributed by atoms with Crippen molar-refractivity contribution < 1.29 is 14.7 Å². The van der Waals surface area contributed by atoms with E-state index in [1.54, 1.807) is 4.90 Å². The summed E-state index contributed by atoms with van der Waals surface area (Å²) in [5.41, 5.74) is -1.05. The monoisotopic (exact) mass is 242 g/mol. The van der Waals surface area contributed by atoms with Crippen molar-refractivity contribution in [2.24, 2.45) is 5.41 Å². The fraction of sp³-hybridized carbons (Fsp3) is 0.833. The molecule has 0 bridgehead atoms. The van der Waals surface area contributed by atoms with Crippen LogP contribution < -0.4 is 5.32 Å². The van der Waals surface area contributed by atoms with Gasteiger partial charge in [-0.2, -0.15) is 0 Å². The van der Waals surface area contributed by atoms with Gasteiger partial charge in [-0.05, 0) is 33.6 Å². The van der Waals surface area contributed by atoms with Gasteiger partial charge in [-0.1, -0.05) is 6.92 Å². The van der Waals surface area contributed by atoms with E-state index in [1.807, 2.05) is 27.7 Å². The van der Waals surface area contributed by atoms with Crippen LogP contribution in [0, 0.1) is 5.41 Å². The van der Waals surface area contributed by atoms with Crippen molar-refractivity contribution in [3.8, 4) is 0 Å². The summed E-state index contributed by atoms with van der Waals surface area (Å²) in [6.45, 7) is 8.41. The number of rotatable bonds is 2. The second kappa shape index (κ2) is 4.55. The Morgan fingerprint density at radius 2 is 2.00 bits per heavy atom. The van der Waals surface area contributed by atoms with E-state index in [9.17, 15) is 14.7 Å². The molecule has 5 nitrogen and oxygen atoms in total. The van der Waals surface area contributed by atoms with Gasteiger partial charge in [0.15, 0.2) is 0 Å². The second-order valence-electron chi connectivity index (χ2n) is 5.79. The van der Waals surface area contributed by atoms with Crippen molar-refractivity contribution in [2.45, 2.75) is 46.1 Å². The van der Waals surface area contributed by atoms with Gasteiger partial charge < -0.3 is 15.3 Å². The zero-order chi connectivity index (χ0) is 13.3. The number of nitrogens with one attached hydrogen (secondary N) is 1. The summed E-state index contributed by atoms with van der Waals surface area (Å²) < 4.78 is 0. The predicted molar refractivity (Wildman–Crippen MR) is 64.8 cm³/mol. The van der Waals surface area contributed by atoms with Crippen molar-refractivity contribution in [2.75, 3.05) is 13.1 Å². The molecule has 98 valence electrons. The summed E-state index contributed by atoms with van der Waals surface area (Å²) >= 11 is 0. The third-order valence-corrected chi connectivity index (χ3v) is 3.25. The molecule has 0 aliphatic carbocycles. The Balaban J connectivity index is 2.67. The summed E-state index contributed by atoms with van der Waals surface area (Å²) in [6, 6.07) is -0.172. The zero-order valence-electron chi connectivity index (χ0n) is 11.0. The molecule has 0 aromatic heterocycles. The van der Waals surface area contributed by atoms with Gasteiger partial charge in [-0.15, -0.1) is 0 Å². The van der Waals surface area contributed by atoms with E-state index in [2.05, 4.69) is 5.32 Å². The van der Waals surface area contributed by atoms with Crippen molar-refractivity contribution in [3.63, 3.8) is 0 Å². The predicted octanol–water partition coefficient (Wildman–Crippen LogP) is 1.68. The first kappa shape index (κ1) is 13.8. The molecule has 0 spiro atoms. The highest BCUT2D eigenvalue weighted by Crippen LogP contribution is 2.34. The molecule has 5 heteroatoms. The molecule has 1 heterocycles. The summed E-state index contributed by atoms with van der Waals surface area (Å²) in [4.78, 5) is 24.8. The average Bonchev–Trinajstić information content (AvgIpc) is 2.60. The van der Waals surface area contributed by atoms with Gasteiger partial charge in [0.05, 0.1) is 5.41 Å². The number of carbonyl (C=O) groups excluding carboxylic acids is 1. The van der Waals surface area contributed by atoms with Crippen LogP contribution in [0.25, 0.3) is 0 Å². The Morgan fingerprint density at radius 1 is 1.41 bits per heavy atom. The molecule has 0 radical (unpaired) electrons. The highest BCUT2D eigenvalue weighted by molar-refractivity contribution is 5.80. The number of hydrogen-bond acceptors (Lipinski definition) is 2. The number of aliphatic carboxylic acids is 1. The molecular weight excluding hydrogens is 220 g/mol. The molecule has 1 fully saturated rings. The van der Waals surface area contributed by atoms with Crippen LogP contribution >= 0.6 is 0 Å². The number of carboxylic acid groups (broad SMARTS) is 1. The first-order valence-corrected chi connectivity index (χ1v) is 6.01. The van der Waals surface area contributed by atoms with Crippen LogP contribution in [0.1, 0.15) is 40.5 Å². The van der Waals surface area contributed by atoms with Gasteiger partial charge in [0.2, 0.25) is 0 Å². The highest BCUT2D eigenvalue weighted by Gasteiger charge is 2.45. The number of carbonyl (C=O) groups is 2. The Morgan fingerprint density at radius 3 is 2.35 bits per heavy atom. The van der Waals surface area contributed by atoms with E-state index in [0.717, 1.165) is 0 Å². The minimum absolute atomic E-state index is 0.172. The quantitative estimate of drug-likeness (QED) is 0.774. The standard InChI is InChI=1S/C12H22N2O3/c1-5-12(9(15)16)6-7-14(8-12)10(17)13-11(2,3)4/h5-8H2,1-4H3,(H,13,17)(H,15,16). The second-order valence-corrected chi connectivity index (χ2v) is 5.79. The van der Waals surface area contributed by atoms with E-state index in [1.165, 1.54) is 0 Å². The van der Waals surface area contributed by atoms with Crippen molar-refractivity contribution in [1.82, 2.24) is 10.2 Å². The maximum Gasteiger partial charge on any atom is 0.317 e. The molecule has 17 heavy (non-hydrogen) atoms. The van der Waals surface area contributed by atoms with Gasteiger partial charge in [0.1, 0.15) is 0 Å². The Hall–Kier alpha value is -1.26. The zero-order valence-corrected chi connectivity index (χ0v) is 11.0. The smallest absolute Gasteiger partial charge is 0.317 e. The topological polar surface area (TPSA) is 69.6 Å². The van der Waals surface area contributed by atoms with Gasteiger partial charge in [-0.25, -0.2) is 4.79 Å². The van der Waals surface area contributed by atoms with Crippen LogP contribution in [0.2, 0.25) is 0 Å². The van der Waals surface area contributed by atoms with Crippen LogP contribution in [0.3, 0.4) is 0 Å². The fourth-order valence-corrected chi connectivity index (χ4v) is 2.06. The number of amides is 2. The molecule has 1 atom stereocenters. The molecule has 1 aliphatic heterocycles. The minimum Gasteiger partial charge on any atom is -0.481 e. The van der Waals surface area contributed by atoms with Crippen LogP contribution in [-0.4, -0.2) is 40.6 Å². The van der Waals surface area contributed by atoms with Gasteiger partial charge >= 0.3 is 12.0 Å². The maximum absolute atomic E-state index is 11.9. The number of carboxylic acids is 1. The van der Waals surface area contributed by atoms with E-state index in [0.29, 0.717) is 25.9 Å². The third-order valence-electron chi connectivity index (χ3n) is 3.25. The highest BCUT2D eigenvalue weighted by atomic mass is 16.4. The number of urea groups is 1. The molecule has 1 saturated heterocycles. The van der Waals surface area contributed by atoms with Crippen molar-refractivity contribution in [3.05, 3.63) is 0 Å². The van der Waals surface area contributed by atoms with Gasteiger partial charge in [0.25, 0.3) is 0 Å². The van der Waals surface area contributed by atoms with Crippen LogP contribution in [0.15, 0.2) is 0 Å². The van der Waals surface area contributed by atoms with E-state index >= 15 is 0 Å². The van der Waals surface area contributed by atoms with E-state index < -0.39 is 11.4 Å². The lowest BCUT2D eigenvalue weighted by Crippen LogP contribution is -2.48. The first-order valence-electron chi connectivity index (χ1n) is 6.01. The molecule has 1 unspecified atom stereocenters. The average molecular weight is 242 g/mol. The van der Waals surface area contributed by atoms with E-state index in [4.69, 9.17) is 0 Å². The SMILES string of the molecule is CCC1(C(=O)O)CCN(C(=O)NC(C)(C)C)C1. The van der Waals surface area contributed by atoms with Crippen molar-refractivity contribution >= 4 is 12.0 Å². The number of hydrogen-bond donors (Lipinski definition) is 2. The molecule has 2 amide bonds. The molecule has 1 aliphatic rings. The number of nitrogens with zero attached hydrogens (tertiary/aromatic N) is 1. The summed E-state index contributed by atoms with van der Waals surface area (Å²) in [5, 5.41) is 12.1. The van der Waals surface area contributed by atoms with E-state index in [-0.39, 0.29) is 11.6 Å². The molecule has 1 rings (SSSR count). The molecule has 0 aromatic carbocycles. The largest absolute Gasteiger partial charge is 0.481 e. The van der Waals surface area contributed by atoms with Gasteiger partial charge in [-0.3, -0.25) is 4.79 Å². The molecule has 0 saturated carbocycles.